The molecular weight excluding hydrogens is 475 g/mol. The van der Waals surface area contributed by atoms with Gasteiger partial charge >= 0.3 is 0 Å². The summed E-state index contributed by atoms with van der Waals surface area (Å²) < 4.78 is 20.9. The Bertz CT molecular complexity index is 1130. The zero-order valence-electron chi connectivity index (χ0n) is 16.3. The molecule has 1 aliphatic rings. The second-order valence-corrected chi connectivity index (χ2v) is 8.80. The zero-order chi connectivity index (χ0) is 21.3. The Kier molecular flexibility index (Phi) is 6.16. The van der Waals surface area contributed by atoms with E-state index in [4.69, 9.17) is 4.74 Å². The van der Waals surface area contributed by atoms with Gasteiger partial charge < -0.3 is 9.64 Å². The van der Waals surface area contributed by atoms with E-state index in [9.17, 15) is 14.0 Å². The van der Waals surface area contributed by atoms with Crippen molar-refractivity contribution in [3.8, 4) is 5.75 Å². The molecule has 7 nitrogen and oxygen atoms in total. The summed E-state index contributed by atoms with van der Waals surface area (Å²) in [4.78, 5) is 34.0. The standard InChI is InChI=1S/C20H20BrFN4O3S/c1-13(29-17-3-2-14(22)10-16(17)21)19(28)25-6-4-24(5-7-25)12-15-11-18(27)26-8-9-30-20(26)23-15/h2-3,8-11,13H,4-7,12H2,1H3. The van der Waals surface area contributed by atoms with Gasteiger partial charge in [0.1, 0.15) is 11.6 Å². The van der Waals surface area contributed by atoms with Crippen LogP contribution in [0.25, 0.3) is 4.96 Å². The number of carbonyl (C=O) groups is 1. The van der Waals surface area contributed by atoms with E-state index >= 15 is 0 Å². The summed E-state index contributed by atoms with van der Waals surface area (Å²) in [5.74, 6) is -0.0563. The second kappa shape index (κ2) is 8.83. The normalized spacial score (nSPS) is 16.0. The van der Waals surface area contributed by atoms with Gasteiger partial charge in [0.25, 0.3) is 11.5 Å². The van der Waals surface area contributed by atoms with Crippen LogP contribution in [0.1, 0.15) is 12.6 Å². The van der Waals surface area contributed by atoms with Crippen LogP contribution in [0.3, 0.4) is 0 Å². The van der Waals surface area contributed by atoms with E-state index in [-0.39, 0.29) is 17.3 Å². The first-order valence-electron chi connectivity index (χ1n) is 9.49. The Morgan fingerprint density at radius 2 is 2.07 bits per heavy atom. The van der Waals surface area contributed by atoms with Crippen LogP contribution >= 0.6 is 27.3 Å². The maximum Gasteiger partial charge on any atom is 0.263 e. The van der Waals surface area contributed by atoms with Crippen molar-refractivity contribution in [2.45, 2.75) is 19.6 Å². The fourth-order valence-electron chi connectivity index (χ4n) is 3.39. The molecule has 158 valence electrons. The number of piperazine rings is 1. The average molecular weight is 495 g/mol. The second-order valence-electron chi connectivity index (χ2n) is 7.08. The molecule has 3 aromatic rings. The molecule has 0 bridgehead atoms. The van der Waals surface area contributed by atoms with E-state index < -0.39 is 6.10 Å². The van der Waals surface area contributed by atoms with Crippen LogP contribution in [0.5, 0.6) is 5.75 Å². The Balaban J connectivity index is 1.33. The van der Waals surface area contributed by atoms with Crippen molar-refractivity contribution in [1.82, 2.24) is 19.2 Å². The van der Waals surface area contributed by atoms with Crippen LogP contribution in [0, 0.1) is 5.82 Å². The molecule has 4 rings (SSSR count). The Hall–Kier alpha value is -2.30. The number of ether oxygens (including phenoxy) is 1. The van der Waals surface area contributed by atoms with Gasteiger partial charge in [0.15, 0.2) is 11.1 Å². The van der Waals surface area contributed by atoms with Crippen molar-refractivity contribution in [2.24, 2.45) is 0 Å². The molecule has 1 aromatic carbocycles. The first-order chi connectivity index (χ1) is 14.4. The molecule has 1 saturated heterocycles. The van der Waals surface area contributed by atoms with Gasteiger partial charge in [-0.3, -0.25) is 18.9 Å². The Morgan fingerprint density at radius 1 is 1.30 bits per heavy atom. The minimum Gasteiger partial charge on any atom is -0.480 e. The lowest BCUT2D eigenvalue weighted by atomic mass is 10.2. The topological polar surface area (TPSA) is 67.2 Å². The number of halogens is 2. The van der Waals surface area contributed by atoms with Crippen LogP contribution in [-0.2, 0) is 11.3 Å². The van der Waals surface area contributed by atoms with Crippen molar-refractivity contribution in [1.29, 1.82) is 0 Å². The molecule has 0 aliphatic carbocycles. The van der Waals surface area contributed by atoms with Crippen LogP contribution < -0.4 is 10.3 Å². The van der Waals surface area contributed by atoms with E-state index in [1.807, 2.05) is 5.38 Å². The van der Waals surface area contributed by atoms with E-state index in [0.29, 0.717) is 47.9 Å². The minimum atomic E-state index is -0.679. The smallest absolute Gasteiger partial charge is 0.263 e. The van der Waals surface area contributed by atoms with Gasteiger partial charge in [-0.15, -0.1) is 11.3 Å². The third-order valence-corrected chi connectivity index (χ3v) is 6.35. The van der Waals surface area contributed by atoms with Crippen molar-refractivity contribution in [3.05, 3.63) is 62.2 Å². The zero-order valence-corrected chi connectivity index (χ0v) is 18.7. The summed E-state index contributed by atoms with van der Waals surface area (Å²) in [5.41, 5.74) is 0.656. The summed E-state index contributed by atoms with van der Waals surface area (Å²) in [6, 6.07) is 5.66. The lowest BCUT2D eigenvalue weighted by Gasteiger charge is -2.35. The number of rotatable bonds is 5. The van der Waals surface area contributed by atoms with Crippen molar-refractivity contribution in [3.63, 3.8) is 0 Å². The minimum absolute atomic E-state index is 0.0806. The summed E-state index contributed by atoms with van der Waals surface area (Å²) in [5, 5.41) is 1.84. The highest BCUT2D eigenvalue weighted by molar-refractivity contribution is 9.10. The van der Waals surface area contributed by atoms with Crippen LogP contribution in [0.4, 0.5) is 4.39 Å². The molecule has 1 unspecified atom stereocenters. The molecule has 0 N–H and O–H groups in total. The largest absolute Gasteiger partial charge is 0.480 e. The molecule has 30 heavy (non-hydrogen) atoms. The number of hydrogen-bond donors (Lipinski definition) is 0. The van der Waals surface area contributed by atoms with E-state index in [2.05, 4.69) is 25.8 Å². The van der Waals surface area contributed by atoms with Gasteiger partial charge in [-0.2, -0.15) is 0 Å². The highest BCUT2D eigenvalue weighted by atomic mass is 79.9. The summed E-state index contributed by atoms with van der Waals surface area (Å²) in [6.07, 6.45) is 1.04. The molecule has 0 spiro atoms. The number of nitrogens with zero attached hydrogens (tertiary/aromatic N) is 4. The first-order valence-corrected chi connectivity index (χ1v) is 11.2. The van der Waals surface area contributed by atoms with E-state index in [1.54, 1.807) is 24.1 Å². The van der Waals surface area contributed by atoms with Gasteiger partial charge in [0.2, 0.25) is 0 Å². The highest BCUT2D eigenvalue weighted by Gasteiger charge is 2.26. The van der Waals surface area contributed by atoms with Crippen molar-refractivity contribution in [2.75, 3.05) is 26.2 Å². The Labute approximate surface area is 184 Å². The van der Waals surface area contributed by atoms with Crippen molar-refractivity contribution < 1.29 is 13.9 Å². The fourth-order valence-corrected chi connectivity index (χ4v) is 4.58. The number of benzene rings is 1. The predicted octanol–water partition coefficient (Wildman–Crippen LogP) is 2.77. The summed E-state index contributed by atoms with van der Waals surface area (Å²) in [7, 11) is 0. The summed E-state index contributed by atoms with van der Waals surface area (Å²) in [6.45, 7) is 4.77. The third-order valence-electron chi connectivity index (χ3n) is 4.97. The number of thiazole rings is 1. The van der Waals surface area contributed by atoms with Crippen LogP contribution in [-0.4, -0.2) is 57.4 Å². The predicted molar refractivity (Wildman–Crippen MR) is 115 cm³/mol. The van der Waals surface area contributed by atoms with Crippen LogP contribution in [0.15, 0.2) is 45.1 Å². The van der Waals surface area contributed by atoms with Gasteiger partial charge in [0.05, 0.1) is 10.2 Å². The maximum absolute atomic E-state index is 13.2. The summed E-state index contributed by atoms with van der Waals surface area (Å²) >= 11 is 4.68. The van der Waals surface area contributed by atoms with Crippen LogP contribution in [0.2, 0.25) is 0 Å². The molecule has 1 fully saturated rings. The lowest BCUT2D eigenvalue weighted by Crippen LogP contribution is -2.51. The Morgan fingerprint density at radius 3 is 2.80 bits per heavy atom. The SMILES string of the molecule is CC(Oc1ccc(F)cc1Br)C(=O)N1CCN(Cc2cc(=O)n3ccsc3n2)CC1. The number of carbonyl (C=O) groups excluding carboxylic acids is 1. The molecule has 1 amide bonds. The first kappa shape index (κ1) is 21.0. The monoisotopic (exact) mass is 494 g/mol. The number of aromatic nitrogens is 2. The number of hydrogen-bond acceptors (Lipinski definition) is 6. The molecule has 2 aromatic heterocycles. The van der Waals surface area contributed by atoms with Gasteiger partial charge in [-0.25, -0.2) is 9.37 Å². The third kappa shape index (κ3) is 4.55. The molecule has 10 heteroatoms. The van der Waals surface area contributed by atoms with Gasteiger partial charge in [-0.1, -0.05) is 0 Å². The maximum atomic E-state index is 13.2. The van der Waals surface area contributed by atoms with E-state index in [0.717, 1.165) is 5.69 Å². The molecule has 3 heterocycles. The fraction of sp³-hybridized carbons (Fsp3) is 0.350. The average Bonchev–Trinajstić information content (AvgIpc) is 3.19. The lowest BCUT2D eigenvalue weighted by molar-refractivity contribution is -0.139. The molecule has 0 saturated carbocycles. The molecule has 1 atom stereocenters. The highest BCUT2D eigenvalue weighted by Crippen LogP contribution is 2.26. The van der Waals surface area contributed by atoms with Crippen molar-refractivity contribution >= 4 is 38.1 Å². The molecule has 1 aliphatic heterocycles. The van der Waals surface area contributed by atoms with Gasteiger partial charge in [-0.05, 0) is 41.1 Å². The number of fused-ring (bicyclic) bond motifs is 1. The number of amides is 1. The quantitative estimate of drug-likeness (QED) is 0.545. The molecular formula is C20H20BrFN4O3S. The molecule has 0 radical (unpaired) electrons. The van der Waals surface area contributed by atoms with E-state index in [1.165, 1.54) is 33.9 Å². The van der Waals surface area contributed by atoms with Gasteiger partial charge in [0, 0.05) is 50.4 Å².